The Kier molecular flexibility index (Phi) is 5.58. The van der Waals surface area contributed by atoms with Gasteiger partial charge in [0.1, 0.15) is 11.4 Å². The molecule has 0 aliphatic carbocycles. The SMILES string of the molecule is CC(C)(C)c1ccc(-c2cn(CCn3c(=N)sc4cc(OC(F)(F)F)ccc43)nn2)cc1. The summed E-state index contributed by atoms with van der Waals surface area (Å²) in [6.45, 7) is 7.39. The molecule has 0 aliphatic heterocycles. The third kappa shape index (κ3) is 4.85. The van der Waals surface area contributed by atoms with Crippen molar-refractivity contribution in [3.05, 3.63) is 59.0 Å². The summed E-state index contributed by atoms with van der Waals surface area (Å²) in [5.41, 5.74) is 3.71. The van der Waals surface area contributed by atoms with Crippen LogP contribution in [0.5, 0.6) is 5.75 Å². The van der Waals surface area contributed by atoms with Gasteiger partial charge in [-0.3, -0.25) is 10.1 Å². The quantitative estimate of drug-likeness (QED) is 0.436. The number of fused-ring (bicyclic) bond motifs is 1. The minimum atomic E-state index is -4.75. The second kappa shape index (κ2) is 8.09. The van der Waals surface area contributed by atoms with E-state index in [1.54, 1.807) is 9.25 Å². The summed E-state index contributed by atoms with van der Waals surface area (Å²) in [5.74, 6) is -0.295. The number of hydrogen-bond donors (Lipinski definition) is 1. The van der Waals surface area contributed by atoms with E-state index in [1.165, 1.54) is 23.8 Å². The van der Waals surface area contributed by atoms with Crippen molar-refractivity contribution >= 4 is 21.6 Å². The average molecular weight is 462 g/mol. The van der Waals surface area contributed by atoms with Gasteiger partial charge in [0.2, 0.25) is 0 Å². The molecule has 0 radical (unpaired) electrons. The van der Waals surface area contributed by atoms with Gasteiger partial charge in [-0.15, -0.1) is 18.3 Å². The van der Waals surface area contributed by atoms with Gasteiger partial charge < -0.3 is 9.30 Å². The molecule has 168 valence electrons. The first kappa shape index (κ1) is 22.1. The highest BCUT2D eigenvalue weighted by molar-refractivity contribution is 7.16. The fraction of sp³-hybridized carbons (Fsp3) is 0.318. The zero-order valence-electron chi connectivity index (χ0n) is 17.8. The lowest BCUT2D eigenvalue weighted by atomic mass is 9.86. The lowest BCUT2D eigenvalue weighted by molar-refractivity contribution is -0.274. The van der Waals surface area contributed by atoms with Crippen LogP contribution in [0.3, 0.4) is 0 Å². The number of nitrogens with one attached hydrogen (secondary N) is 1. The molecule has 0 spiro atoms. The Bertz CT molecular complexity index is 1300. The summed E-state index contributed by atoms with van der Waals surface area (Å²) in [6, 6.07) is 12.3. The Morgan fingerprint density at radius 3 is 2.41 bits per heavy atom. The predicted octanol–water partition coefficient (Wildman–Crippen LogP) is 5.34. The van der Waals surface area contributed by atoms with E-state index < -0.39 is 6.36 Å². The van der Waals surface area contributed by atoms with Crippen LogP contribution in [0.25, 0.3) is 21.5 Å². The van der Waals surface area contributed by atoms with E-state index in [4.69, 9.17) is 5.41 Å². The molecule has 32 heavy (non-hydrogen) atoms. The molecule has 0 aliphatic rings. The van der Waals surface area contributed by atoms with E-state index in [9.17, 15) is 13.2 Å². The number of ether oxygens (including phenoxy) is 1. The van der Waals surface area contributed by atoms with Crippen LogP contribution in [0.1, 0.15) is 26.3 Å². The van der Waals surface area contributed by atoms with Gasteiger partial charge in [-0.2, -0.15) is 0 Å². The number of aryl methyl sites for hydroxylation is 2. The van der Waals surface area contributed by atoms with E-state index in [2.05, 4.69) is 48.0 Å². The van der Waals surface area contributed by atoms with Gasteiger partial charge in [0, 0.05) is 12.1 Å². The van der Waals surface area contributed by atoms with Gasteiger partial charge >= 0.3 is 6.36 Å². The first-order valence-electron chi connectivity index (χ1n) is 9.94. The maximum atomic E-state index is 12.5. The summed E-state index contributed by atoms with van der Waals surface area (Å²) < 4.78 is 45.3. The molecule has 4 aromatic rings. The summed E-state index contributed by atoms with van der Waals surface area (Å²) in [7, 11) is 0. The number of halogens is 3. The number of aromatic nitrogens is 4. The molecule has 2 aromatic heterocycles. The number of alkyl halides is 3. The Morgan fingerprint density at radius 1 is 1.03 bits per heavy atom. The Balaban J connectivity index is 1.49. The lowest BCUT2D eigenvalue weighted by Gasteiger charge is -2.18. The van der Waals surface area contributed by atoms with E-state index in [0.717, 1.165) is 22.6 Å². The van der Waals surface area contributed by atoms with Crippen LogP contribution >= 0.6 is 11.3 Å². The molecule has 0 amide bonds. The monoisotopic (exact) mass is 461 g/mol. The Morgan fingerprint density at radius 2 is 1.75 bits per heavy atom. The fourth-order valence-electron chi connectivity index (χ4n) is 3.37. The number of hydrogen-bond acceptors (Lipinski definition) is 5. The molecular formula is C22H22F3N5OS. The largest absolute Gasteiger partial charge is 0.573 e. The zero-order chi connectivity index (χ0) is 23.1. The molecule has 0 saturated heterocycles. The Hall–Kier alpha value is -3.14. The second-order valence-electron chi connectivity index (χ2n) is 8.43. The lowest BCUT2D eigenvalue weighted by Crippen LogP contribution is -2.17. The van der Waals surface area contributed by atoms with Crippen molar-refractivity contribution in [1.29, 1.82) is 5.41 Å². The van der Waals surface area contributed by atoms with Crippen LogP contribution < -0.4 is 9.54 Å². The van der Waals surface area contributed by atoms with E-state index in [1.807, 2.05) is 18.3 Å². The van der Waals surface area contributed by atoms with Crippen LogP contribution in [-0.2, 0) is 18.5 Å². The molecule has 10 heteroatoms. The normalized spacial score (nSPS) is 12.4. The predicted molar refractivity (Wildman–Crippen MR) is 117 cm³/mol. The zero-order valence-corrected chi connectivity index (χ0v) is 18.6. The van der Waals surface area contributed by atoms with Crippen LogP contribution in [0.4, 0.5) is 13.2 Å². The highest BCUT2D eigenvalue weighted by atomic mass is 32.1. The third-order valence-corrected chi connectivity index (χ3v) is 6.01. The van der Waals surface area contributed by atoms with E-state index in [0.29, 0.717) is 23.3 Å². The molecule has 1 N–H and O–H groups in total. The molecule has 0 unspecified atom stereocenters. The number of benzene rings is 2. The minimum absolute atomic E-state index is 0.0737. The molecular weight excluding hydrogens is 439 g/mol. The van der Waals surface area contributed by atoms with Crippen molar-refractivity contribution in [3.8, 4) is 17.0 Å². The van der Waals surface area contributed by atoms with Gasteiger partial charge in [0.15, 0.2) is 4.80 Å². The van der Waals surface area contributed by atoms with Crippen LogP contribution in [0, 0.1) is 5.41 Å². The first-order valence-corrected chi connectivity index (χ1v) is 10.8. The summed E-state index contributed by atoms with van der Waals surface area (Å²) >= 11 is 1.10. The molecule has 2 aromatic carbocycles. The molecule has 0 bridgehead atoms. The highest BCUT2D eigenvalue weighted by Gasteiger charge is 2.31. The number of thiazole rings is 1. The summed E-state index contributed by atoms with van der Waals surface area (Å²) in [5, 5.41) is 16.6. The van der Waals surface area contributed by atoms with Crippen molar-refractivity contribution < 1.29 is 17.9 Å². The van der Waals surface area contributed by atoms with E-state index in [-0.39, 0.29) is 16.0 Å². The minimum Gasteiger partial charge on any atom is -0.406 e. The van der Waals surface area contributed by atoms with Crippen molar-refractivity contribution in [2.45, 2.75) is 45.6 Å². The van der Waals surface area contributed by atoms with Gasteiger partial charge in [0.25, 0.3) is 0 Å². The van der Waals surface area contributed by atoms with Crippen LogP contribution in [0.15, 0.2) is 48.7 Å². The maximum Gasteiger partial charge on any atom is 0.573 e. The first-order chi connectivity index (χ1) is 15.0. The van der Waals surface area contributed by atoms with E-state index >= 15 is 0 Å². The van der Waals surface area contributed by atoms with Crippen molar-refractivity contribution in [1.82, 2.24) is 19.6 Å². The number of rotatable bonds is 5. The number of nitrogens with zero attached hydrogens (tertiary/aromatic N) is 4. The van der Waals surface area contributed by atoms with Crippen molar-refractivity contribution in [2.75, 3.05) is 0 Å². The molecule has 2 heterocycles. The highest BCUT2D eigenvalue weighted by Crippen LogP contribution is 2.28. The van der Waals surface area contributed by atoms with Gasteiger partial charge in [-0.25, -0.2) is 0 Å². The van der Waals surface area contributed by atoms with Crippen LogP contribution in [0.2, 0.25) is 0 Å². The fourth-order valence-corrected chi connectivity index (χ4v) is 4.34. The van der Waals surface area contributed by atoms with Crippen molar-refractivity contribution in [3.63, 3.8) is 0 Å². The maximum absolute atomic E-state index is 12.5. The van der Waals surface area contributed by atoms with Crippen LogP contribution in [-0.4, -0.2) is 25.9 Å². The van der Waals surface area contributed by atoms with Crippen molar-refractivity contribution in [2.24, 2.45) is 0 Å². The molecule has 4 rings (SSSR count). The van der Waals surface area contributed by atoms with Gasteiger partial charge in [-0.1, -0.05) is 61.6 Å². The molecule has 0 atom stereocenters. The Labute approximate surface area is 186 Å². The average Bonchev–Trinajstić information content (AvgIpc) is 3.28. The molecule has 0 saturated carbocycles. The smallest absolute Gasteiger partial charge is 0.406 e. The summed E-state index contributed by atoms with van der Waals surface area (Å²) in [6.07, 6.45) is -2.90. The standard InChI is InChI=1S/C22H22F3N5OS/c1-21(2,3)15-6-4-14(5-7-15)17-13-29(28-27-17)10-11-30-18-9-8-16(31-22(23,24)25)12-19(18)32-20(30)26/h4-9,12-13,26H,10-11H2,1-3H3. The van der Waals surface area contributed by atoms with Gasteiger partial charge in [0.05, 0.1) is 23.0 Å². The second-order valence-corrected chi connectivity index (χ2v) is 9.46. The topological polar surface area (TPSA) is 68.7 Å². The molecule has 6 nitrogen and oxygen atoms in total. The third-order valence-electron chi connectivity index (χ3n) is 5.05. The summed E-state index contributed by atoms with van der Waals surface area (Å²) in [4.78, 5) is 0.238. The van der Waals surface area contributed by atoms with Gasteiger partial charge in [-0.05, 0) is 29.2 Å². The molecule has 0 fully saturated rings.